The maximum Gasteiger partial charge on any atom is 0.225 e. The van der Waals surface area contributed by atoms with Crippen LogP contribution in [0.2, 0.25) is 0 Å². The molecule has 0 atom stereocenters. The molecule has 4 heteroatoms. The van der Waals surface area contributed by atoms with E-state index in [9.17, 15) is 4.79 Å². The number of nitrogens with zero attached hydrogens (tertiary/aromatic N) is 3. The van der Waals surface area contributed by atoms with E-state index in [1.165, 1.54) is 5.56 Å². The summed E-state index contributed by atoms with van der Waals surface area (Å²) in [4.78, 5) is 21.4. The summed E-state index contributed by atoms with van der Waals surface area (Å²) >= 11 is 0. The average Bonchev–Trinajstić information content (AvgIpc) is 2.39. The molecule has 2 rings (SSSR count). The van der Waals surface area contributed by atoms with Gasteiger partial charge in [-0.05, 0) is 25.0 Å². The summed E-state index contributed by atoms with van der Waals surface area (Å²) in [7, 11) is 1.81. The molecular formula is C15H17N3O. The van der Waals surface area contributed by atoms with E-state index in [1.807, 2.05) is 25.2 Å². The van der Waals surface area contributed by atoms with Crippen LogP contribution in [0.25, 0.3) is 11.1 Å². The van der Waals surface area contributed by atoms with Crippen LogP contribution in [0.1, 0.15) is 12.5 Å². The molecule has 0 fully saturated rings. The van der Waals surface area contributed by atoms with Gasteiger partial charge in [0, 0.05) is 25.0 Å². The third-order valence-corrected chi connectivity index (χ3v) is 2.90. The van der Waals surface area contributed by atoms with E-state index in [-0.39, 0.29) is 5.78 Å². The zero-order valence-corrected chi connectivity index (χ0v) is 11.4. The van der Waals surface area contributed by atoms with Gasteiger partial charge >= 0.3 is 0 Å². The molecule has 0 aliphatic heterocycles. The summed E-state index contributed by atoms with van der Waals surface area (Å²) in [5.74, 6) is 0.654. The number of carbonyl (C=O) groups excluding carboxylic acids is 1. The van der Waals surface area contributed by atoms with Crippen LogP contribution in [-0.2, 0) is 4.79 Å². The first-order chi connectivity index (χ1) is 9.08. The van der Waals surface area contributed by atoms with E-state index >= 15 is 0 Å². The Morgan fingerprint density at radius 1 is 1.21 bits per heavy atom. The fourth-order valence-corrected chi connectivity index (χ4v) is 1.96. The first kappa shape index (κ1) is 13.2. The monoisotopic (exact) mass is 255 g/mol. The third kappa shape index (κ3) is 3.16. The van der Waals surface area contributed by atoms with Crippen LogP contribution >= 0.6 is 0 Å². The highest BCUT2D eigenvalue weighted by Gasteiger charge is 2.07. The lowest BCUT2D eigenvalue weighted by molar-refractivity contribution is -0.115. The van der Waals surface area contributed by atoms with Gasteiger partial charge in [0.2, 0.25) is 5.95 Å². The zero-order chi connectivity index (χ0) is 13.8. The molecule has 1 aromatic carbocycles. The van der Waals surface area contributed by atoms with Crippen molar-refractivity contribution in [3.8, 4) is 11.1 Å². The molecule has 0 bridgehead atoms. The van der Waals surface area contributed by atoms with Crippen molar-refractivity contribution >= 4 is 11.7 Å². The summed E-state index contributed by atoms with van der Waals surface area (Å²) in [6.45, 7) is 3.94. The lowest BCUT2D eigenvalue weighted by Gasteiger charge is -2.15. The van der Waals surface area contributed by atoms with Crippen molar-refractivity contribution in [2.24, 2.45) is 0 Å². The minimum absolute atomic E-state index is 0.0917. The third-order valence-electron chi connectivity index (χ3n) is 2.90. The van der Waals surface area contributed by atoms with Gasteiger partial charge < -0.3 is 4.90 Å². The molecule has 0 amide bonds. The molecule has 1 aromatic heterocycles. The van der Waals surface area contributed by atoms with Gasteiger partial charge in [0.1, 0.15) is 5.78 Å². The average molecular weight is 255 g/mol. The number of rotatable bonds is 4. The number of Topliss-reactive ketones (excluding diaryl/α,β-unsaturated/α-hetero) is 1. The van der Waals surface area contributed by atoms with Crippen molar-refractivity contribution in [1.82, 2.24) is 9.97 Å². The summed E-state index contributed by atoms with van der Waals surface area (Å²) in [6.07, 6.45) is 3.59. The van der Waals surface area contributed by atoms with Gasteiger partial charge in [0.15, 0.2) is 0 Å². The van der Waals surface area contributed by atoms with Crippen LogP contribution < -0.4 is 4.90 Å². The number of ketones is 1. The van der Waals surface area contributed by atoms with E-state index in [2.05, 4.69) is 23.0 Å². The Labute approximate surface area is 113 Å². The Morgan fingerprint density at radius 2 is 1.84 bits per heavy atom. The summed E-state index contributed by atoms with van der Waals surface area (Å²) in [6, 6.07) is 8.12. The number of aromatic nitrogens is 2. The van der Waals surface area contributed by atoms with Gasteiger partial charge in [-0.25, -0.2) is 9.97 Å². The molecule has 0 aliphatic rings. The first-order valence-corrected chi connectivity index (χ1v) is 6.16. The van der Waals surface area contributed by atoms with Crippen molar-refractivity contribution in [1.29, 1.82) is 0 Å². The quantitative estimate of drug-likeness (QED) is 0.842. The van der Waals surface area contributed by atoms with E-state index in [1.54, 1.807) is 24.2 Å². The summed E-state index contributed by atoms with van der Waals surface area (Å²) in [5, 5.41) is 0. The summed E-state index contributed by atoms with van der Waals surface area (Å²) in [5.41, 5.74) is 3.30. The molecular weight excluding hydrogens is 238 g/mol. The maximum absolute atomic E-state index is 11.1. The number of hydrogen-bond donors (Lipinski definition) is 0. The van der Waals surface area contributed by atoms with Gasteiger partial charge in [0.05, 0.1) is 6.54 Å². The molecule has 0 unspecified atom stereocenters. The predicted octanol–water partition coefficient (Wildman–Crippen LogP) is 2.48. The number of anilines is 1. The molecule has 0 aliphatic carbocycles. The van der Waals surface area contributed by atoms with Crippen LogP contribution in [0.4, 0.5) is 5.95 Å². The van der Waals surface area contributed by atoms with Crippen LogP contribution in [-0.4, -0.2) is 29.3 Å². The molecule has 0 saturated heterocycles. The molecule has 2 aromatic rings. The smallest absolute Gasteiger partial charge is 0.225 e. The maximum atomic E-state index is 11.1. The number of hydrogen-bond acceptors (Lipinski definition) is 4. The highest BCUT2D eigenvalue weighted by Crippen LogP contribution is 2.22. The van der Waals surface area contributed by atoms with E-state index in [0.29, 0.717) is 12.5 Å². The number of benzene rings is 1. The standard InChI is InChI=1S/C15H17N3O/c1-11-6-4-5-7-14(11)13-8-16-15(17-9-13)18(3)10-12(2)19/h4-9H,10H2,1-3H3. The SMILES string of the molecule is CC(=O)CN(C)c1ncc(-c2ccccc2C)cn1. The zero-order valence-electron chi connectivity index (χ0n) is 11.4. The fourth-order valence-electron chi connectivity index (χ4n) is 1.96. The number of likely N-dealkylation sites (N-methyl/N-ethyl adjacent to an activating group) is 1. The Morgan fingerprint density at radius 3 is 2.42 bits per heavy atom. The molecule has 4 nitrogen and oxygen atoms in total. The second-order valence-electron chi connectivity index (χ2n) is 4.64. The van der Waals surface area contributed by atoms with Gasteiger partial charge in [0.25, 0.3) is 0 Å². The van der Waals surface area contributed by atoms with Crippen molar-refractivity contribution in [3.63, 3.8) is 0 Å². The minimum Gasteiger partial charge on any atom is -0.337 e. The Kier molecular flexibility index (Phi) is 3.90. The van der Waals surface area contributed by atoms with Crippen LogP contribution in [0.15, 0.2) is 36.7 Å². The summed E-state index contributed by atoms with van der Waals surface area (Å²) < 4.78 is 0. The first-order valence-electron chi connectivity index (χ1n) is 6.16. The lowest BCUT2D eigenvalue weighted by atomic mass is 10.0. The van der Waals surface area contributed by atoms with Gasteiger partial charge in [-0.15, -0.1) is 0 Å². The molecule has 0 radical (unpaired) electrons. The van der Waals surface area contributed by atoms with Crippen molar-refractivity contribution in [3.05, 3.63) is 42.2 Å². The number of carbonyl (C=O) groups is 1. The molecule has 0 saturated carbocycles. The van der Waals surface area contributed by atoms with Crippen molar-refractivity contribution in [2.75, 3.05) is 18.5 Å². The molecule has 0 spiro atoms. The topological polar surface area (TPSA) is 46.1 Å². The Balaban J connectivity index is 2.24. The Hall–Kier alpha value is -2.23. The van der Waals surface area contributed by atoms with Gasteiger partial charge in [-0.1, -0.05) is 24.3 Å². The van der Waals surface area contributed by atoms with Crippen molar-refractivity contribution < 1.29 is 4.79 Å². The second kappa shape index (κ2) is 5.61. The molecule has 0 N–H and O–H groups in total. The lowest BCUT2D eigenvalue weighted by Crippen LogP contribution is -2.25. The van der Waals surface area contributed by atoms with E-state index < -0.39 is 0 Å². The highest BCUT2D eigenvalue weighted by molar-refractivity contribution is 5.80. The number of aryl methyl sites for hydroxylation is 1. The predicted molar refractivity (Wildman–Crippen MR) is 76.2 cm³/mol. The molecule has 1 heterocycles. The largest absolute Gasteiger partial charge is 0.337 e. The van der Waals surface area contributed by atoms with Crippen LogP contribution in [0.3, 0.4) is 0 Å². The minimum atomic E-state index is 0.0917. The van der Waals surface area contributed by atoms with E-state index in [4.69, 9.17) is 0 Å². The van der Waals surface area contributed by atoms with Crippen LogP contribution in [0, 0.1) is 6.92 Å². The highest BCUT2D eigenvalue weighted by atomic mass is 16.1. The van der Waals surface area contributed by atoms with Crippen molar-refractivity contribution in [2.45, 2.75) is 13.8 Å². The molecule has 19 heavy (non-hydrogen) atoms. The Bertz CT molecular complexity index is 578. The second-order valence-corrected chi connectivity index (χ2v) is 4.64. The van der Waals surface area contributed by atoms with Gasteiger partial charge in [-0.2, -0.15) is 0 Å². The molecule has 98 valence electrons. The fraction of sp³-hybridized carbons (Fsp3) is 0.267. The van der Waals surface area contributed by atoms with Gasteiger partial charge in [-0.3, -0.25) is 4.79 Å². The van der Waals surface area contributed by atoms with E-state index in [0.717, 1.165) is 11.1 Å². The van der Waals surface area contributed by atoms with Crippen LogP contribution in [0.5, 0.6) is 0 Å². The normalized spacial score (nSPS) is 10.3.